The van der Waals surface area contributed by atoms with E-state index in [1.807, 2.05) is 12.1 Å². The maximum Gasteiger partial charge on any atom is 0.333 e. The van der Waals surface area contributed by atoms with Crippen molar-refractivity contribution in [1.29, 1.82) is 0 Å². The predicted octanol–water partition coefficient (Wildman–Crippen LogP) is 7.14. The van der Waals surface area contributed by atoms with E-state index in [1.165, 1.54) is 21.6 Å². The second-order valence-electron chi connectivity index (χ2n) is 7.26. The van der Waals surface area contributed by atoms with Gasteiger partial charge in [0.25, 0.3) is 0 Å². The van der Waals surface area contributed by atoms with Gasteiger partial charge in [0.2, 0.25) is 0 Å². The minimum Gasteiger partial charge on any atom is -0.494 e. The lowest BCUT2D eigenvalue weighted by Crippen LogP contribution is -2.06. The fourth-order valence-corrected chi connectivity index (χ4v) is 3.78. The number of unbranched alkanes of at least 4 members (excludes halogenated alkanes) is 3. The highest BCUT2D eigenvalue weighted by atomic mass is 32.1. The number of carbonyl (C=O) groups excluding carboxylic acids is 1. The molecule has 0 aliphatic heterocycles. The minimum atomic E-state index is -0.305. The molecule has 0 amide bonds. The number of carbonyl (C=O) groups is 1. The smallest absolute Gasteiger partial charge is 0.333 e. The summed E-state index contributed by atoms with van der Waals surface area (Å²) in [5.41, 5.74) is 4.09. The van der Waals surface area contributed by atoms with Crippen molar-refractivity contribution in [2.75, 3.05) is 13.2 Å². The lowest BCUT2D eigenvalue weighted by atomic mass is 10.0. The van der Waals surface area contributed by atoms with E-state index in [9.17, 15) is 4.79 Å². The number of ether oxygens (including phenoxy) is 2. The van der Waals surface area contributed by atoms with Gasteiger partial charge >= 0.3 is 5.97 Å². The molecule has 0 aliphatic rings. The molecule has 0 N–H and O–H groups in total. The van der Waals surface area contributed by atoms with Crippen molar-refractivity contribution in [3.8, 4) is 27.3 Å². The summed E-state index contributed by atoms with van der Waals surface area (Å²) in [5, 5.41) is 2.10. The maximum atomic E-state index is 11.3. The van der Waals surface area contributed by atoms with E-state index >= 15 is 0 Å². The molecule has 3 nitrogen and oxygen atoms in total. The van der Waals surface area contributed by atoms with Crippen LogP contribution in [0.3, 0.4) is 0 Å². The van der Waals surface area contributed by atoms with Gasteiger partial charge in [-0.3, -0.25) is 0 Å². The third-order valence-corrected chi connectivity index (χ3v) is 5.69. The maximum absolute atomic E-state index is 11.3. The van der Waals surface area contributed by atoms with Crippen molar-refractivity contribution in [3.05, 3.63) is 78.2 Å². The summed E-state index contributed by atoms with van der Waals surface area (Å²) < 4.78 is 10.9. The molecule has 0 fully saturated rings. The van der Waals surface area contributed by atoms with E-state index in [-0.39, 0.29) is 5.97 Å². The quantitative estimate of drug-likeness (QED) is 0.188. The Balaban J connectivity index is 1.36. The summed E-state index contributed by atoms with van der Waals surface area (Å²) in [6.45, 7) is 6.38. The van der Waals surface area contributed by atoms with Gasteiger partial charge in [-0.05, 0) is 72.9 Å². The first kappa shape index (κ1) is 21.8. The van der Waals surface area contributed by atoms with Gasteiger partial charge < -0.3 is 9.47 Å². The number of hydrogen-bond donors (Lipinski definition) is 0. The van der Waals surface area contributed by atoms with Gasteiger partial charge in [-0.1, -0.05) is 49.0 Å². The third-order valence-electron chi connectivity index (χ3n) is 4.77. The Labute approximate surface area is 183 Å². The van der Waals surface area contributed by atoms with Crippen LogP contribution in [0.25, 0.3) is 21.6 Å². The molecule has 0 radical (unpaired) electrons. The second kappa shape index (κ2) is 11.4. The van der Waals surface area contributed by atoms with Crippen LogP contribution in [0.15, 0.2) is 78.2 Å². The van der Waals surface area contributed by atoms with Gasteiger partial charge in [-0.15, -0.1) is 11.3 Å². The molecule has 0 unspecified atom stereocenters. The third kappa shape index (κ3) is 6.60. The van der Waals surface area contributed by atoms with Crippen molar-refractivity contribution in [3.63, 3.8) is 0 Å². The second-order valence-corrected chi connectivity index (χ2v) is 8.21. The molecule has 0 bridgehead atoms. The van der Waals surface area contributed by atoms with Crippen molar-refractivity contribution < 1.29 is 14.3 Å². The zero-order chi connectivity index (χ0) is 21.2. The Hall–Kier alpha value is -2.85. The molecule has 0 spiro atoms. The monoisotopic (exact) mass is 420 g/mol. The number of rotatable bonds is 11. The van der Waals surface area contributed by atoms with E-state index in [0.29, 0.717) is 18.8 Å². The molecule has 156 valence electrons. The first-order chi connectivity index (χ1) is 14.6. The molecule has 2 aromatic carbocycles. The lowest BCUT2D eigenvalue weighted by Gasteiger charge is -2.08. The van der Waals surface area contributed by atoms with E-state index in [0.717, 1.165) is 31.4 Å². The zero-order valence-corrected chi connectivity index (χ0v) is 18.3. The molecule has 1 heterocycles. The van der Waals surface area contributed by atoms with Crippen LogP contribution in [0.5, 0.6) is 5.75 Å². The highest BCUT2D eigenvalue weighted by Gasteiger charge is 2.03. The Bertz CT molecular complexity index is 925. The van der Waals surface area contributed by atoms with Crippen LogP contribution >= 0.6 is 11.3 Å². The predicted molar refractivity (Wildman–Crippen MR) is 125 cm³/mol. The zero-order valence-electron chi connectivity index (χ0n) is 17.4. The van der Waals surface area contributed by atoms with Crippen LogP contribution in [-0.2, 0) is 9.53 Å². The van der Waals surface area contributed by atoms with Gasteiger partial charge in [-0.25, -0.2) is 4.79 Å². The molecular formula is C26H28O3S. The highest BCUT2D eigenvalue weighted by molar-refractivity contribution is 7.13. The van der Waals surface area contributed by atoms with Crippen LogP contribution in [0, 0.1) is 0 Å². The van der Waals surface area contributed by atoms with E-state index in [2.05, 4.69) is 60.5 Å². The first-order valence-electron chi connectivity index (χ1n) is 10.3. The molecule has 1 aromatic heterocycles. The Morgan fingerprint density at radius 2 is 1.43 bits per heavy atom. The van der Waals surface area contributed by atoms with Crippen molar-refractivity contribution >= 4 is 17.3 Å². The number of benzene rings is 2. The molecule has 3 rings (SSSR count). The van der Waals surface area contributed by atoms with E-state index < -0.39 is 0 Å². The largest absolute Gasteiger partial charge is 0.494 e. The number of hydrogen-bond acceptors (Lipinski definition) is 4. The molecule has 0 aliphatic carbocycles. The SMILES string of the molecule is C=C(C)C(=O)OCCCCCCOc1ccc(-c2ccc(-c3cccs3)cc2)cc1. The Morgan fingerprint density at radius 1 is 0.833 bits per heavy atom. The molecule has 0 saturated carbocycles. The van der Waals surface area contributed by atoms with Crippen LogP contribution in [-0.4, -0.2) is 19.2 Å². The fraction of sp³-hybridized carbons (Fsp3) is 0.269. The van der Waals surface area contributed by atoms with Gasteiger partial charge in [0, 0.05) is 10.5 Å². The fourth-order valence-electron chi connectivity index (χ4n) is 3.05. The summed E-state index contributed by atoms with van der Waals surface area (Å²) in [6, 6.07) is 21.2. The summed E-state index contributed by atoms with van der Waals surface area (Å²) in [5.74, 6) is 0.588. The average molecular weight is 421 g/mol. The van der Waals surface area contributed by atoms with Crippen LogP contribution in [0.4, 0.5) is 0 Å². The average Bonchev–Trinajstić information content (AvgIpc) is 3.31. The van der Waals surface area contributed by atoms with Crippen LogP contribution < -0.4 is 4.74 Å². The Kier molecular flexibility index (Phi) is 8.28. The van der Waals surface area contributed by atoms with Crippen molar-refractivity contribution in [1.82, 2.24) is 0 Å². The Morgan fingerprint density at radius 3 is 2.03 bits per heavy atom. The topological polar surface area (TPSA) is 35.5 Å². The van der Waals surface area contributed by atoms with Gasteiger partial charge in [0.05, 0.1) is 13.2 Å². The van der Waals surface area contributed by atoms with Gasteiger partial charge in [0.15, 0.2) is 0 Å². The molecule has 0 saturated heterocycles. The lowest BCUT2D eigenvalue weighted by molar-refractivity contribution is -0.139. The number of esters is 1. The van der Waals surface area contributed by atoms with Crippen LogP contribution in [0.1, 0.15) is 32.6 Å². The minimum absolute atomic E-state index is 0.305. The summed E-state index contributed by atoms with van der Waals surface area (Å²) in [6.07, 6.45) is 3.94. The summed E-state index contributed by atoms with van der Waals surface area (Å²) in [4.78, 5) is 12.6. The molecule has 30 heavy (non-hydrogen) atoms. The normalized spacial score (nSPS) is 10.6. The molecular weight excluding hydrogens is 392 g/mol. The van der Waals surface area contributed by atoms with Gasteiger partial charge in [0.1, 0.15) is 5.75 Å². The summed E-state index contributed by atoms with van der Waals surface area (Å²) in [7, 11) is 0. The standard InChI is InChI=1S/C26H28O3S/c1-20(2)26(27)29-18-6-4-3-5-17-28-24-15-13-22(14-16-24)21-9-11-23(12-10-21)25-8-7-19-30-25/h7-16,19H,1,3-6,17-18H2,2H3. The first-order valence-corrected chi connectivity index (χ1v) is 11.2. The number of thiophene rings is 1. The summed E-state index contributed by atoms with van der Waals surface area (Å²) >= 11 is 1.76. The molecule has 3 aromatic rings. The van der Waals surface area contributed by atoms with E-state index in [4.69, 9.17) is 9.47 Å². The highest BCUT2D eigenvalue weighted by Crippen LogP contribution is 2.28. The van der Waals surface area contributed by atoms with Crippen molar-refractivity contribution in [2.24, 2.45) is 0 Å². The van der Waals surface area contributed by atoms with Crippen molar-refractivity contribution in [2.45, 2.75) is 32.6 Å². The van der Waals surface area contributed by atoms with Crippen LogP contribution in [0.2, 0.25) is 0 Å². The molecule has 4 heteroatoms. The van der Waals surface area contributed by atoms with Gasteiger partial charge in [-0.2, -0.15) is 0 Å². The van der Waals surface area contributed by atoms with E-state index in [1.54, 1.807) is 18.3 Å². The molecule has 0 atom stereocenters.